The first kappa shape index (κ1) is 5.47. The van der Waals surface area contributed by atoms with Crippen LogP contribution in [-0.4, -0.2) is 6.86 Å². The summed E-state index contributed by atoms with van der Waals surface area (Å²) in [5.41, 5.74) is 0. The first-order valence-corrected chi connectivity index (χ1v) is 1.70. The summed E-state index contributed by atoms with van der Waals surface area (Å²) in [5, 5.41) is 0. The highest BCUT2D eigenvalue weighted by molar-refractivity contribution is 4.63. The van der Waals surface area contributed by atoms with Crippen LogP contribution < -0.4 is 0 Å². The van der Waals surface area contributed by atoms with Crippen LogP contribution in [0.3, 0.4) is 0 Å². The molecule has 0 aromatic carbocycles. The van der Waals surface area contributed by atoms with E-state index in [0.717, 1.165) is 0 Å². The maximum atomic E-state index is 10.9. The molecule has 0 bridgehead atoms. The molecule has 0 fully saturated rings. The summed E-state index contributed by atoms with van der Waals surface area (Å²) in [6, 6.07) is 0. The van der Waals surface area contributed by atoms with Gasteiger partial charge in [-0.3, -0.25) is 0 Å². The van der Waals surface area contributed by atoms with Gasteiger partial charge < -0.3 is 4.74 Å². The third-order valence-corrected chi connectivity index (χ3v) is 0.295. The van der Waals surface area contributed by atoms with Crippen LogP contribution in [0, 0.1) is 0 Å². The zero-order chi connectivity index (χ0) is 4.83. The summed E-state index contributed by atoms with van der Waals surface area (Å²) < 4.78 is 15.0. The minimum Gasteiger partial charge on any atom is -0.471 e. The lowest BCUT2D eigenvalue weighted by molar-refractivity contribution is 0.141. The van der Waals surface area contributed by atoms with Crippen LogP contribution in [0.1, 0.15) is 6.92 Å². The number of hydrogen-bond donors (Lipinski definition) is 0. The SMILES string of the molecule is C/C=C/OCF. The highest BCUT2D eigenvalue weighted by Crippen LogP contribution is 1.74. The molecule has 6 heavy (non-hydrogen) atoms. The molecule has 0 unspecified atom stereocenters. The molecule has 0 heterocycles. The Hall–Kier alpha value is -0.530. The number of alkyl halides is 1. The van der Waals surface area contributed by atoms with E-state index in [-0.39, 0.29) is 0 Å². The van der Waals surface area contributed by atoms with E-state index >= 15 is 0 Å². The minimum atomic E-state index is -0.732. The zero-order valence-corrected chi connectivity index (χ0v) is 3.65. The van der Waals surface area contributed by atoms with Crippen molar-refractivity contribution in [1.29, 1.82) is 0 Å². The first-order chi connectivity index (χ1) is 2.91. The normalized spacial score (nSPS) is 9.67. The van der Waals surface area contributed by atoms with Gasteiger partial charge in [-0.15, -0.1) is 0 Å². The second-order valence-corrected chi connectivity index (χ2v) is 0.745. The van der Waals surface area contributed by atoms with E-state index < -0.39 is 6.86 Å². The lowest BCUT2D eigenvalue weighted by atomic mass is 10.7. The number of hydrogen-bond acceptors (Lipinski definition) is 1. The van der Waals surface area contributed by atoms with Gasteiger partial charge in [0.2, 0.25) is 6.86 Å². The van der Waals surface area contributed by atoms with Crippen molar-refractivity contribution in [3.05, 3.63) is 12.3 Å². The molecule has 1 nitrogen and oxygen atoms in total. The minimum absolute atomic E-state index is 0.732. The Labute approximate surface area is 36.4 Å². The summed E-state index contributed by atoms with van der Waals surface area (Å²) in [7, 11) is 0. The Morgan fingerprint density at radius 1 is 1.83 bits per heavy atom. The Kier molecular flexibility index (Phi) is 4.08. The molecule has 0 aromatic rings. The third kappa shape index (κ3) is 3.47. The lowest BCUT2D eigenvalue weighted by Gasteiger charge is -1.83. The Morgan fingerprint density at radius 3 is 2.67 bits per heavy atom. The maximum Gasteiger partial charge on any atom is 0.227 e. The molecule has 2 heteroatoms. The van der Waals surface area contributed by atoms with Gasteiger partial charge in [-0.2, -0.15) is 0 Å². The van der Waals surface area contributed by atoms with Gasteiger partial charge in [-0.1, -0.05) is 6.08 Å². The second kappa shape index (κ2) is 4.47. The van der Waals surface area contributed by atoms with Crippen LogP contribution in [0.4, 0.5) is 4.39 Å². The molecule has 0 aliphatic rings. The molecule has 0 atom stereocenters. The zero-order valence-electron chi connectivity index (χ0n) is 3.65. The molecule has 0 aromatic heterocycles. The topological polar surface area (TPSA) is 9.23 Å². The van der Waals surface area contributed by atoms with Crippen LogP contribution in [0.5, 0.6) is 0 Å². The van der Waals surface area contributed by atoms with Crippen molar-refractivity contribution in [1.82, 2.24) is 0 Å². The quantitative estimate of drug-likeness (QED) is 0.466. The highest BCUT2D eigenvalue weighted by atomic mass is 19.1. The smallest absolute Gasteiger partial charge is 0.227 e. The van der Waals surface area contributed by atoms with Gasteiger partial charge in [0.05, 0.1) is 6.26 Å². The van der Waals surface area contributed by atoms with Gasteiger partial charge >= 0.3 is 0 Å². The molecule has 0 rings (SSSR count). The van der Waals surface area contributed by atoms with E-state index in [1.54, 1.807) is 13.0 Å². The van der Waals surface area contributed by atoms with Gasteiger partial charge in [0.1, 0.15) is 0 Å². The molecule has 0 amide bonds. The third-order valence-electron chi connectivity index (χ3n) is 0.295. The van der Waals surface area contributed by atoms with Crippen molar-refractivity contribution >= 4 is 0 Å². The van der Waals surface area contributed by atoms with Crippen LogP contribution >= 0.6 is 0 Å². The number of rotatable bonds is 2. The fourth-order valence-corrected chi connectivity index (χ4v) is 0.133. The monoisotopic (exact) mass is 90.0 g/mol. The Morgan fingerprint density at radius 2 is 2.50 bits per heavy atom. The molecule has 0 spiro atoms. The van der Waals surface area contributed by atoms with Crippen molar-refractivity contribution in [3.8, 4) is 0 Å². The number of allylic oxidation sites excluding steroid dienone is 1. The summed E-state index contributed by atoms with van der Waals surface area (Å²) in [5.74, 6) is 0. The fraction of sp³-hybridized carbons (Fsp3) is 0.500. The molecule has 0 aliphatic heterocycles. The molecule has 0 aliphatic carbocycles. The van der Waals surface area contributed by atoms with Gasteiger partial charge in [0.15, 0.2) is 0 Å². The summed E-state index contributed by atoms with van der Waals surface area (Å²) in [4.78, 5) is 0. The molecular weight excluding hydrogens is 83.0 g/mol. The first-order valence-electron chi connectivity index (χ1n) is 1.70. The molecule has 0 radical (unpaired) electrons. The van der Waals surface area contributed by atoms with Crippen LogP contribution in [0.2, 0.25) is 0 Å². The van der Waals surface area contributed by atoms with Gasteiger partial charge in [0, 0.05) is 0 Å². The Balaban J connectivity index is 2.66. The van der Waals surface area contributed by atoms with Crippen molar-refractivity contribution in [2.75, 3.05) is 6.86 Å². The van der Waals surface area contributed by atoms with E-state index in [9.17, 15) is 4.39 Å². The van der Waals surface area contributed by atoms with E-state index in [4.69, 9.17) is 0 Å². The fourth-order valence-electron chi connectivity index (χ4n) is 0.133. The van der Waals surface area contributed by atoms with E-state index in [2.05, 4.69) is 4.74 Å². The molecule has 36 valence electrons. The Bertz CT molecular complexity index is 42.8. The molecule has 0 saturated carbocycles. The van der Waals surface area contributed by atoms with E-state index in [1.165, 1.54) is 6.26 Å². The maximum absolute atomic E-state index is 10.9. The van der Waals surface area contributed by atoms with E-state index in [0.29, 0.717) is 0 Å². The predicted molar refractivity (Wildman–Crippen MR) is 21.9 cm³/mol. The number of halogens is 1. The van der Waals surface area contributed by atoms with Gasteiger partial charge in [-0.05, 0) is 6.92 Å². The number of ether oxygens (including phenoxy) is 1. The lowest BCUT2D eigenvalue weighted by Crippen LogP contribution is -1.71. The largest absolute Gasteiger partial charge is 0.471 e. The molecule has 0 N–H and O–H groups in total. The van der Waals surface area contributed by atoms with Gasteiger partial charge in [-0.25, -0.2) is 4.39 Å². The van der Waals surface area contributed by atoms with Crippen LogP contribution in [0.15, 0.2) is 12.3 Å². The standard InChI is InChI=1S/C4H7FO/c1-2-3-6-4-5/h2-3H,4H2,1H3/b3-2+. The second-order valence-electron chi connectivity index (χ2n) is 0.745. The predicted octanol–water partition coefficient (Wildman–Crippen LogP) is 1.46. The van der Waals surface area contributed by atoms with Crippen LogP contribution in [-0.2, 0) is 4.74 Å². The molecular formula is C4H7FO. The van der Waals surface area contributed by atoms with Gasteiger partial charge in [0.25, 0.3) is 0 Å². The summed E-state index contributed by atoms with van der Waals surface area (Å²) >= 11 is 0. The average molecular weight is 90.1 g/mol. The average Bonchev–Trinajstić information content (AvgIpc) is 1.61. The van der Waals surface area contributed by atoms with Crippen molar-refractivity contribution < 1.29 is 9.13 Å². The van der Waals surface area contributed by atoms with Crippen molar-refractivity contribution in [3.63, 3.8) is 0 Å². The van der Waals surface area contributed by atoms with Crippen LogP contribution in [0.25, 0.3) is 0 Å². The molecule has 0 saturated heterocycles. The summed E-state index contributed by atoms with van der Waals surface area (Å²) in [6.07, 6.45) is 2.93. The summed E-state index contributed by atoms with van der Waals surface area (Å²) in [6.45, 7) is 1.03. The van der Waals surface area contributed by atoms with E-state index in [1.807, 2.05) is 0 Å². The highest BCUT2D eigenvalue weighted by Gasteiger charge is 1.63. The van der Waals surface area contributed by atoms with Crippen molar-refractivity contribution in [2.24, 2.45) is 0 Å². The van der Waals surface area contributed by atoms with Crippen molar-refractivity contribution in [2.45, 2.75) is 6.92 Å².